The molecule has 0 bridgehead atoms. The minimum atomic E-state index is -0.234. The lowest BCUT2D eigenvalue weighted by molar-refractivity contribution is 0.249. The van der Waals surface area contributed by atoms with Gasteiger partial charge in [0.15, 0.2) is 5.82 Å². The van der Waals surface area contributed by atoms with E-state index in [1.54, 1.807) is 23.5 Å². The van der Waals surface area contributed by atoms with Crippen molar-refractivity contribution in [2.24, 2.45) is 0 Å². The maximum absolute atomic E-state index is 13.5. The van der Waals surface area contributed by atoms with Crippen molar-refractivity contribution in [1.29, 1.82) is 0 Å². The standard InChI is InChI=1S/C26H29FN6S/c27-21-12-10-20(11-13-21)23-24(28-22-8-4-5-9-22)33-25(29-23)34-26(30-33)32-16-14-31(15-17-32)18-19-6-2-1-3-7-19/h1-3,6-7,10-13,22,28H,4-5,8-9,14-18H2. The molecule has 6 nitrogen and oxygen atoms in total. The first kappa shape index (κ1) is 21.6. The van der Waals surface area contributed by atoms with Crippen LogP contribution in [0.25, 0.3) is 16.2 Å². The van der Waals surface area contributed by atoms with Crippen LogP contribution in [0.4, 0.5) is 15.3 Å². The largest absolute Gasteiger partial charge is 0.365 e. The van der Waals surface area contributed by atoms with Gasteiger partial charge in [-0.3, -0.25) is 4.90 Å². The predicted molar refractivity (Wildman–Crippen MR) is 136 cm³/mol. The van der Waals surface area contributed by atoms with Crippen LogP contribution in [0.3, 0.4) is 0 Å². The SMILES string of the molecule is Fc1ccc(-c2nc3sc(N4CCN(Cc5ccccc5)CC4)nn3c2NC2CCCC2)cc1. The molecule has 1 saturated heterocycles. The van der Waals surface area contributed by atoms with Gasteiger partial charge in [-0.2, -0.15) is 4.52 Å². The lowest BCUT2D eigenvalue weighted by Crippen LogP contribution is -2.46. The van der Waals surface area contributed by atoms with E-state index in [-0.39, 0.29) is 5.82 Å². The van der Waals surface area contributed by atoms with Gasteiger partial charge in [-0.25, -0.2) is 9.37 Å². The van der Waals surface area contributed by atoms with Gasteiger partial charge in [0.25, 0.3) is 0 Å². The van der Waals surface area contributed by atoms with Crippen molar-refractivity contribution in [2.45, 2.75) is 38.3 Å². The molecule has 8 heteroatoms. The Balaban J connectivity index is 1.23. The normalized spacial score (nSPS) is 17.6. The van der Waals surface area contributed by atoms with Gasteiger partial charge in [0, 0.05) is 44.3 Å². The smallest absolute Gasteiger partial charge is 0.216 e. The molecule has 2 aromatic carbocycles. The topological polar surface area (TPSA) is 48.7 Å². The number of benzene rings is 2. The van der Waals surface area contributed by atoms with Gasteiger partial charge < -0.3 is 10.2 Å². The second kappa shape index (κ2) is 9.35. The maximum atomic E-state index is 13.5. The fourth-order valence-electron chi connectivity index (χ4n) is 5.01. The van der Waals surface area contributed by atoms with Crippen molar-refractivity contribution in [2.75, 3.05) is 36.4 Å². The van der Waals surface area contributed by atoms with Crippen molar-refractivity contribution < 1.29 is 4.39 Å². The van der Waals surface area contributed by atoms with Crippen LogP contribution in [-0.4, -0.2) is 51.7 Å². The molecule has 176 valence electrons. The van der Waals surface area contributed by atoms with Crippen LogP contribution in [0, 0.1) is 5.82 Å². The Hall–Kier alpha value is -2.97. The number of fused-ring (bicyclic) bond motifs is 1. The highest BCUT2D eigenvalue weighted by atomic mass is 32.1. The molecule has 0 unspecified atom stereocenters. The summed E-state index contributed by atoms with van der Waals surface area (Å²) in [5.41, 5.74) is 3.13. The van der Waals surface area contributed by atoms with E-state index in [1.807, 2.05) is 4.52 Å². The van der Waals surface area contributed by atoms with Gasteiger partial charge in [0.05, 0.1) is 0 Å². The van der Waals surface area contributed by atoms with Crippen LogP contribution in [0.15, 0.2) is 54.6 Å². The summed E-state index contributed by atoms with van der Waals surface area (Å²) in [7, 11) is 0. The Morgan fingerprint density at radius 2 is 1.68 bits per heavy atom. The first-order valence-electron chi connectivity index (χ1n) is 12.2. The van der Waals surface area contributed by atoms with Crippen molar-refractivity contribution in [3.63, 3.8) is 0 Å². The molecule has 4 aromatic rings. The zero-order chi connectivity index (χ0) is 22.9. The number of hydrogen-bond donors (Lipinski definition) is 1. The molecular formula is C26H29FN6S. The highest BCUT2D eigenvalue weighted by Gasteiger charge is 2.25. The van der Waals surface area contributed by atoms with Crippen LogP contribution < -0.4 is 10.2 Å². The summed E-state index contributed by atoms with van der Waals surface area (Å²) in [6, 6.07) is 17.7. The summed E-state index contributed by atoms with van der Waals surface area (Å²) in [5.74, 6) is 0.695. The number of rotatable bonds is 6. The number of nitrogens with one attached hydrogen (secondary N) is 1. The van der Waals surface area contributed by atoms with E-state index < -0.39 is 0 Å². The lowest BCUT2D eigenvalue weighted by atomic mass is 10.1. The highest BCUT2D eigenvalue weighted by molar-refractivity contribution is 7.20. The highest BCUT2D eigenvalue weighted by Crippen LogP contribution is 2.35. The van der Waals surface area contributed by atoms with Gasteiger partial charge in [-0.1, -0.05) is 54.5 Å². The number of aromatic nitrogens is 3. The first-order chi connectivity index (χ1) is 16.7. The average molecular weight is 477 g/mol. The molecule has 3 heterocycles. The second-order valence-electron chi connectivity index (χ2n) is 9.27. The van der Waals surface area contributed by atoms with Crippen molar-refractivity contribution in [3.05, 3.63) is 66.0 Å². The summed E-state index contributed by atoms with van der Waals surface area (Å²) in [4.78, 5) is 10.7. The minimum absolute atomic E-state index is 0.234. The summed E-state index contributed by atoms with van der Waals surface area (Å²) < 4.78 is 15.5. The van der Waals surface area contributed by atoms with Crippen LogP contribution in [0.1, 0.15) is 31.2 Å². The second-order valence-corrected chi connectivity index (χ2v) is 10.2. The van der Waals surface area contributed by atoms with Crippen molar-refractivity contribution in [3.8, 4) is 11.3 Å². The lowest BCUT2D eigenvalue weighted by Gasteiger charge is -2.34. The van der Waals surface area contributed by atoms with Crippen LogP contribution in [0.5, 0.6) is 0 Å². The van der Waals surface area contributed by atoms with Gasteiger partial charge in [-0.15, -0.1) is 5.10 Å². The summed E-state index contributed by atoms with van der Waals surface area (Å²) in [5, 5.41) is 9.73. The Bertz CT molecular complexity index is 1240. The zero-order valence-corrected chi connectivity index (χ0v) is 20.0. The van der Waals surface area contributed by atoms with Gasteiger partial charge >= 0.3 is 0 Å². The first-order valence-corrected chi connectivity index (χ1v) is 13.0. The fourth-order valence-corrected chi connectivity index (χ4v) is 5.96. The molecule has 6 rings (SSSR count). The molecule has 0 atom stereocenters. The molecule has 2 fully saturated rings. The monoisotopic (exact) mass is 476 g/mol. The molecule has 2 aromatic heterocycles. The third-order valence-electron chi connectivity index (χ3n) is 6.90. The van der Waals surface area contributed by atoms with E-state index in [0.29, 0.717) is 6.04 Å². The predicted octanol–water partition coefficient (Wildman–Crippen LogP) is 5.27. The fraction of sp³-hybridized carbons (Fsp3) is 0.385. The Kier molecular flexibility index (Phi) is 5.93. The van der Waals surface area contributed by atoms with E-state index >= 15 is 0 Å². The molecule has 1 aliphatic carbocycles. The number of hydrogen-bond acceptors (Lipinski definition) is 6. The molecule has 0 radical (unpaired) electrons. The van der Waals surface area contributed by atoms with Gasteiger partial charge in [0.1, 0.15) is 11.5 Å². The number of imidazole rings is 1. The van der Waals surface area contributed by atoms with Crippen LogP contribution in [-0.2, 0) is 6.54 Å². The average Bonchev–Trinajstić information content (AvgIpc) is 3.59. The quantitative estimate of drug-likeness (QED) is 0.411. The third-order valence-corrected chi connectivity index (χ3v) is 7.87. The number of anilines is 2. The number of halogens is 1. The molecular weight excluding hydrogens is 447 g/mol. The Morgan fingerprint density at radius 3 is 2.41 bits per heavy atom. The Morgan fingerprint density at radius 1 is 0.941 bits per heavy atom. The van der Waals surface area contributed by atoms with E-state index in [9.17, 15) is 4.39 Å². The summed E-state index contributed by atoms with van der Waals surface area (Å²) in [6.07, 6.45) is 4.83. The van der Waals surface area contributed by atoms with Crippen molar-refractivity contribution in [1.82, 2.24) is 19.5 Å². The number of piperazine rings is 1. The van der Waals surface area contributed by atoms with Crippen LogP contribution in [0.2, 0.25) is 0 Å². The zero-order valence-electron chi connectivity index (χ0n) is 19.2. The molecule has 1 aliphatic heterocycles. The van der Waals surface area contributed by atoms with Gasteiger partial charge in [0.2, 0.25) is 10.1 Å². The molecule has 34 heavy (non-hydrogen) atoms. The Labute approximate surface area is 203 Å². The maximum Gasteiger partial charge on any atom is 0.216 e. The molecule has 0 amide bonds. The third kappa shape index (κ3) is 4.40. The van der Waals surface area contributed by atoms with Crippen LogP contribution >= 0.6 is 11.3 Å². The van der Waals surface area contributed by atoms with Gasteiger partial charge in [-0.05, 0) is 42.7 Å². The molecule has 1 saturated carbocycles. The van der Waals surface area contributed by atoms with E-state index in [0.717, 1.165) is 72.7 Å². The summed E-state index contributed by atoms with van der Waals surface area (Å²) in [6.45, 7) is 4.95. The molecule has 0 spiro atoms. The van der Waals surface area contributed by atoms with E-state index in [2.05, 4.69) is 45.4 Å². The number of nitrogens with zero attached hydrogens (tertiary/aromatic N) is 5. The van der Waals surface area contributed by atoms with Crippen molar-refractivity contribution >= 4 is 27.2 Å². The van der Waals surface area contributed by atoms with E-state index in [1.165, 1.54) is 30.5 Å². The summed E-state index contributed by atoms with van der Waals surface area (Å²) >= 11 is 1.63. The molecule has 1 N–H and O–H groups in total. The molecule has 2 aliphatic rings. The van der Waals surface area contributed by atoms with E-state index in [4.69, 9.17) is 10.1 Å². The minimum Gasteiger partial charge on any atom is -0.365 e.